The second kappa shape index (κ2) is 4.99. The molecule has 0 unspecified atom stereocenters. The first kappa shape index (κ1) is 11.8. The molecule has 0 heterocycles. The van der Waals surface area contributed by atoms with E-state index in [0.29, 0.717) is 5.56 Å². The lowest BCUT2D eigenvalue weighted by Gasteiger charge is -2.08. The van der Waals surface area contributed by atoms with Crippen LogP contribution >= 0.6 is 15.9 Å². The Hall–Kier alpha value is -1.27. The predicted molar refractivity (Wildman–Crippen MR) is 63.1 cm³/mol. The Balaban J connectivity index is 3.31. The Bertz CT molecular complexity index is 453. The summed E-state index contributed by atoms with van der Waals surface area (Å²) >= 11 is 3.05. The number of methoxy groups -OCH3 is 1. The lowest BCUT2D eigenvalue weighted by atomic mass is 9.98. The third-order valence-electron chi connectivity index (χ3n) is 2.37. The minimum absolute atomic E-state index is 0.311. The van der Waals surface area contributed by atoms with E-state index >= 15 is 0 Å². The summed E-state index contributed by atoms with van der Waals surface area (Å²) in [7, 11) is 1.38. The van der Waals surface area contributed by atoms with E-state index in [1.165, 1.54) is 7.11 Å². The summed E-state index contributed by atoms with van der Waals surface area (Å²) in [6.45, 7) is 3.83. The van der Waals surface area contributed by atoms with Crippen LogP contribution in [-0.4, -0.2) is 13.1 Å². The number of carbonyl (C=O) groups excluding carboxylic acids is 1. The van der Waals surface area contributed by atoms with Crippen LogP contribution in [0.5, 0.6) is 0 Å². The van der Waals surface area contributed by atoms with E-state index in [-0.39, 0.29) is 5.97 Å². The molecular weight excluding hydrogens is 256 g/mol. The lowest BCUT2D eigenvalue weighted by molar-refractivity contribution is 0.0600. The van der Waals surface area contributed by atoms with E-state index in [4.69, 9.17) is 0 Å². The van der Waals surface area contributed by atoms with Gasteiger partial charge in [0.25, 0.3) is 0 Å². The smallest absolute Gasteiger partial charge is 0.338 e. The third kappa shape index (κ3) is 2.40. The van der Waals surface area contributed by atoms with Crippen LogP contribution in [-0.2, 0) is 4.74 Å². The van der Waals surface area contributed by atoms with Crippen molar-refractivity contribution in [2.24, 2.45) is 0 Å². The summed E-state index contributed by atoms with van der Waals surface area (Å²) in [5.74, 6) is 2.60. The maximum atomic E-state index is 11.4. The molecule has 0 saturated carbocycles. The van der Waals surface area contributed by atoms with Gasteiger partial charge in [-0.05, 0) is 41.9 Å². The molecule has 0 aliphatic heterocycles. The molecule has 0 atom stereocenters. The zero-order valence-corrected chi connectivity index (χ0v) is 10.4. The van der Waals surface area contributed by atoms with Crippen LogP contribution in [0.2, 0.25) is 0 Å². The van der Waals surface area contributed by atoms with Gasteiger partial charge in [0, 0.05) is 21.5 Å². The van der Waals surface area contributed by atoms with Crippen LogP contribution in [0.1, 0.15) is 27.0 Å². The highest BCUT2D eigenvalue weighted by Crippen LogP contribution is 2.18. The first-order valence-corrected chi connectivity index (χ1v) is 5.21. The van der Waals surface area contributed by atoms with Crippen molar-refractivity contribution in [3.63, 3.8) is 0 Å². The second-order valence-electron chi connectivity index (χ2n) is 3.12. The van der Waals surface area contributed by atoms with Crippen molar-refractivity contribution in [3.8, 4) is 10.8 Å². The highest BCUT2D eigenvalue weighted by atomic mass is 79.9. The predicted octanol–water partition coefficient (Wildman–Crippen LogP) is 2.79. The average molecular weight is 267 g/mol. The first-order chi connectivity index (χ1) is 7.11. The molecule has 0 bridgehead atoms. The van der Waals surface area contributed by atoms with Crippen molar-refractivity contribution in [1.82, 2.24) is 0 Å². The van der Waals surface area contributed by atoms with Gasteiger partial charge in [0.1, 0.15) is 0 Å². The fourth-order valence-electron chi connectivity index (χ4n) is 1.34. The van der Waals surface area contributed by atoms with Gasteiger partial charge in [-0.2, -0.15) is 0 Å². The maximum absolute atomic E-state index is 11.4. The highest BCUT2D eigenvalue weighted by Gasteiger charge is 2.11. The number of halogens is 1. The molecule has 0 aromatic heterocycles. The first-order valence-electron chi connectivity index (χ1n) is 4.42. The third-order valence-corrected chi connectivity index (χ3v) is 2.57. The minimum Gasteiger partial charge on any atom is -0.465 e. The number of rotatable bonds is 1. The van der Waals surface area contributed by atoms with E-state index in [2.05, 4.69) is 31.4 Å². The summed E-state index contributed by atoms with van der Waals surface area (Å²) in [6, 6.07) is 3.56. The van der Waals surface area contributed by atoms with Gasteiger partial charge in [-0.3, -0.25) is 0 Å². The number of hydrogen-bond donors (Lipinski definition) is 0. The van der Waals surface area contributed by atoms with Crippen LogP contribution in [0, 0.1) is 24.6 Å². The van der Waals surface area contributed by atoms with Gasteiger partial charge in [0.05, 0.1) is 12.7 Å². The molecule has 0 aliphatic carbocycles. The summed E-state index contributed by atoms with van der Waals surface area (Å²) < 4.78 is 4.69. The second-order valence-corrected chi connectivity index (χ2v) is 3.52. The van der Waals surface area contributed by atoms with Gasteiger partial charge in [-0.15, -0.1) is 0 Å². The number of esters is 1. The molecule has 0 aliphatic rings. The molecule has 78 valence electrons. The van der Waals surface area contributed by atoms with Crippen LogP contribution in [0.4, 0.5) is 0 Å². The van der Waals surface area contributed by atoms with Crippen LogP contribution in [0.25, 0.3) is 0 Å². The Morgan fingerprint density at radius 3 is 2.53 bits per heavy atom. The molecule has 0 N–H and O–H groups in total. The molecule has 0 saturated heterocycles. The van der Waals surface area contributed by atoms with Crippen LogP contribution < -0.4 is 0 Å². The van der Waals surface area contributed by atoms with Crippen molar-refractivity contribution in [1.29, 1.82) is 0 Å². The van der Waals surface area contributed by atoms with Crippen LogP contribution in [0.3, 0.4) is 0 Å². The molecule has 1 rings (SSSR count). The lowest BCUT2D eigenvalue weighted by Crippen LogP contribution is -2.05. The van der Waals surface area contributed by atoms with Gasteiger partial charge in [0.2, 0.25) is 0 Å². The molecule has 0 radical (unpaired) electrons. The molecule has 0 fully saturated rings. The number of carbonyl (C=O) groups is 1. The SMILES string of the molecule is COC(=O)c1ccc(C#CBr)c(C)c1C. The van der Waals surface area contributed by atoms with Gasteiger partial charge in [-0.1, -0.05) is 5.92 Å². The fourth-order valence-corrected chi connectivity index (χ4v) is 1.55. The minimum atomic E-state index is -0.311. The van der Waals surface area contributed by atoms with E-state index in [9.17, 15) is 4.79 Å². The van der Waals surface area contributed by atoms with E-state index in [1.807, 2.05) is 19.9 Å². The van der Waals surface area contributed by atoms with Gasteiger partial charge < -0.3 is 4.74 Å². The van der Waals surface area contributed by atoms with Crippen molar-refractivity contribution in [2.75, 3.05) is 7.11 Å². The summed E-state index contributed by atoms with van der Waals surface area (Å²) in [5, 5.41) is 0. The maximum Gasteiger partial charge on any atom is 0.338 e. The Morgan fingerprint density at radius 2 is 2.00 bits per heavy atom. The Kier molecular flexibility index (Phi) is 3.93. The molecule has 1 aromatic carbocycles. The Labute approximate surface area is 97.8 Å². The standard InChI is InChI=1S/C12H11BrO2/c1-8-9(2)11(12(14)15-3)5-4-10(8)6-7-13/h4-5H,1-3H3. The monoisotopic (exact) mass is 266 g/mol. The van der Waals surface area contributed by atoms with Gasteiger partial charge in [-0.25, -0.2) is 4.79 Å². The van der Waals surface area contributed by atoms with Crippen molar-refractivity contribution in [2.45, 2.75) is 13.8 Å². The van der Waals surface area contributed by atoms with Crippen LogP contribution in [0.15, 0.2) is 12.1 Å². The van der Waals surface area contributed by atoms with Gasteiger partial charge >= 0.3 is 5.97 Å². The van der Waals surface area contributed by atoms with Gasteiger partial charge in [0.15, 0.2) is 0 Å². The molecule has 3 heteroatoms. The normalized spacial score (nSPS) is 9.07. The fraction of sp³-hybridized carbons (Fsp3) is 0.250. The van der Waals surface area contributed by atoms with Crippen molar-refractivity contribution >= 4 is 21.9 Å². The number of ether oxygens (including phenoxy) is 1. The average Bonchev–Trinajstić information content (AvgIpc) is 2.24. The molecule has 15 heavy (non-hydrogen) atoms. The molecule has 1 aromatic rings. The molecule has 2 nitrogen and oxygen atoms in total. The summed E-state index contributed by atoms with van der Waals surface area (Å²) in [6.07, 6.45) is 0. The quantitative estimate of drug-likeness (QED) is 0.577. The molecule has 0 spiro atoms. The topological polar surface area (TPSA) is 26.3 Å². The largest absolute Gasteiger partial charge is 0.465 e. The highest BCUT2D eigenvalue weighted by molar-refractivity contribution is 9.12. The van der Waals surface area contributed by atoms with E-state index in [1.54, 1.807) is 6.07 Å². The Morgan fingerprint density at radius 1 is 1.33 bits per heavy atom. The summed E-state index contributed by atoms with van der Waals surface area (Å²) in [5.41, 5.74) is 3.42. The zero-order chi connectivity index (χ0) is 11.4. The number of hydrogen-bond acceptors (Lipinski definition) is 2. The van der Waals surface area contributed by atoms with Crippen molar-refractivity contribution < 1.29 is 9.53 Å². The molecule has 0 amide bonds. The molecular formula is C12H11BrO2. The van der Waals surface area contributed by atoms with E-state index in [0.717, 1.165) is 16.7 Å². The summed E-state index contributed by atoms with van der Waals surface area (Å²) in [4.78, 5) is 14.0. The zero-order valence-electron chi connectivity index (χ0n) is 8.85. The van der Waals surface area contributed by atoms with Crippen molar-refractivity contribution in [3.05, 3.63) is 34.4 Å². The van der Waals surface area contributed by atoms with E-state index < -0.39 is 0 Å². The number of benzene rings is 1.